The number of carbonyl (C=O) groups excluding carboxylic acids is 1. The van der Waals surface area contributed by atoms with Crippen LogP contribution in [0.5, 0.6) is 0 Å². The van der Waals surface area contributed by atoms with E-state index in [1.54, 1.807) is 11.8 Å². The molecule has 5 heteroatoms. The summed E-state index contributed by atoms with van der Waals surface area (Å²) in [5, 5.41) is 0.915. The highest BCUT2D eigenvalue weighted by molar-refractivity contribution is 8.14. The Balaban J connectivity index is 1.46. The zero-order valence-electron chi connectivity index (χ0n) is 16.3. The third-order valence-electron chi connectivity index (χ3n) is 5.43. The maximum absolute atomic E-state index is 11.6. The largest absolute Gasteiger partial charge is 0.467 e. The highest BCUT2D eigenvalue weighted by Gasteiger charge is 2.26. The lowest BCUT2D eigenvalue weighted by atomic mass is 10.0. The van der Waals surface area contributed by atoms with E-state index in [4.69, 9.17) is 4.74 Å². The minimum atomic E-state index is -0.379. The SMILES string of the molecule is COC(=O)C1CSC(c2ccc(-c3ccc(N4CCCCCC4)cc3)cc2)=N1. The van der Waals surface area contributed by atoms with Gasteiger partial charge in [-0.05, 0) is 36.1 Å². The Morgan fingerprint density at radius 1 is 0.929 bits per heavy atom. The summed E-state index contributed by atoms with van der Waals surface area (Å²) in [5.74, 6) is 0.394. The normalized spacial score (nSPS) is 19.8. The van der Waals surface area contributed by atoms with Crippen LogP contribution in [0.3, 0.4) is 0 Å². The maximum atomic E-state index is 11.6. The molecule has 1 atom stereocenters. The van der Waals surface area contributed by atoms with Crippen LogP contribution < -0.4 is 4.90 Å². The summed E-state index contributed by atoms with van der Waals surface area (Å²) in [5.41, 5.74) is 4.80. The molecule has 28 heavy (non-hydrogen) atoms. The molecule has 1 unspecified atom stereocenters. The van der Waals surface area contributed by atoms with Crippen LogP contribution in [0, 0.1) is 0 Å². The summed E-state index contributed by atoms with van der Waals surface area (Å²) in [4.78, 5) is 18.7. The lowest BCUT2D eigenvalue weighted by molar-refractivity contribution is -0.141. The van der Waals surface area contributed by atoms with Gasteiger partial charge in [0.05, 0.1) is 12.2 Å². The summed E-state index contributed by atoms with van der Waals surface area (Å²) in [6.45, 7) is 2.33. The summed E-state index contributed by atoms with van der Waals surface area (Å²) in [6, 6.07) is 17.0. The van der Waals surface area contributed by atoms with Crippen molar-refractivity contribution in [3.8, 4) is 11.1 Å². The number of aliphatic imine (C=N–C) groups is 1. The summed E-state index contributed by atoms with van der Waals surface area (Å²) in [7, 11) is 1.41. The Hall–Kier alpha value is -2.27. The number of anilines is 1. The van der Waals surface area contributed by atoms with E-state index in [1.165, 1.54) is 62.7 Å². The van der Waals surface area contributed by atoms with E-state index >= 15 is 0 Å². The van der Waals surface area contributed by atoms with Crippen molar-refractivity contribution in [2.75, 3.05) is 30.9 Å². The highest BCUT2D eigenvalue weighted by atomic mass is 32.2. The molecule has 0 radical (unpaired) electrons. The molecule has 1 saturated heterocycles. The number of hydrogen-bond acceptors (Lipinski definition) is 5. The molecule has 2 aromatic carbocycles. The monoisotopic (exact) mass is 394 g/mol. The Morgan fingerprint density at radius 3 is 2.11 bits per heavy atom. The molecule has 2 aromatic rings. The third kappa shape index (κ3) is 4.25. The van der Waals surface area contributed by atoms with E-state index in [1.807, 2.05) is 0 Å². The maximum Gasteiger partial charge on any atom is 0.331 e. The summed E-state index contributed by atoms with van der Waals surface area (Å²) < 4.78 is 4.79. The standard InChI is InChI=1S/C23H26N2O2S/c1-27-23(26)21-16-28-22(24-21)19-8-6-17(7-9-19)18-10-12-20(13-11-18)25-14-4-2-3-5-15-25/h6-13,21H,2-5,14-16H2,1H3. The van der Waals surface area contributed by atoms with Gasteiger partial charge in [0.15, 0.2) is 6.04 Å². The first-order chi connectivity index (χ1) is 13.7. The molecule has 0 aromatic heterocycles. The van der Waals surface area contributed by atoms with Gasteiger partial charge in [-0.3, -0.25) is 4.99 Å². The molecule has 4 nitrogen and oxygen atoms in total. The minimum Gasteiger partial charge on any atom is -0.467 e. The fourth-order valence-corrected chi connectivity index (χ4v) is 4.82. The Kier molecular flexibility index (Phi) is 6.01. The van der Waals surface area contributed by atoms with Crippen molar-refractivity contribution in [1.82, 2.24) is 0 Å². The van der Waals surface area contributed by atoms with Crippen molar-refractivity contribution < 1.29 is 9.53 Å². The molecule has 2 aliphatic rings. The van der Waals surface area contributed by atoms with Crippen LogP contribution in [-0.2, 0) is 9.53 Å². The first kappa shape index (κ1) is 19.1. The van der Waals surface area contributed by atoms with Crippen LogP contribution in [0.4, 0.5) is 5.69 Å². The van der Waals surface area contributed by atoms with Gasteiger partial charge >= 0.3 is 5.97 Å². The number of carbonyl (C=O) groups is 1. The number of rotatable bonds is 4. The quantitative estimate of drug-likeness (QED) is 0.701. The van der Waals surface area contributed by atoms with Crippen molar-refractivity contribution in [1.29, 1.82) is 0 Å². The molecule has 2 heterocycles. The fourth-order valence-electron chi connectivity index (χ4n) is 3.79. The second-order valence-electron chi connectivity index (χ2n) is 7.31. The molecule has 0 spiro atoms. The van der Waals surface area contributed by atoms with Crippen molar-refractivity contribution in [2.45, 2.75) is 31.7 Å². The van der Waals surface area contributed by atoms with Crippen molar-refractivity contribution in [2.24, 2.45) is 4.99 Å². The van der Waals surface area contributed by atoms with Gasteiger partial charge in [-0.15, -0.1) is 11.8 Å². The van der Waals surface area contributed by atoms with Crippen molar-refractivity contribution in [3.63, 3.8) is 0 Å². The average Bonchev–Trinajstić information content (AvgIpc) is 3.09. The molecule has 146 valence electrons. The molecule has 0 saturated carbocycles. The van der Waals surface area contributed by atoms with E-state index in [-0.39, 0.29) is 12.0 Å². The third-order valence-corrected chi connectivity index (χ3v) is 6.52. The fraction of sp³-hybridized carbons (Fsp3) is 0.391. The van der Waals surface area contributed by atoms with Gasteiger partial charge in [-0.2, -0.15) is 0 Å². The van der Waals surface area contributed by atoms with Gasteiger partial charge in [0, 0.05) is 30.1 Å². The van der Waals surface area contributed by atoms with Crippen LogP contribution in [0.1, 0.15) is 31.2 Å². The minimum absolute atomic E-state index is 0.261. The van der Waals surface area contributed by atoms with Crippen LogP contribution in [0.15, 0.2) is 53.5 Å². The van der Waals surface area contributed by atoms with Gasteiger partial charge in [0.2, 0.25) is 0 Å². The average molecular weight is 395 g/mol. The van der Waals surface area contributed by atoms with E-state index < -0.39 is 0 Å². The molecule has 1 fully saturated rings. The molecule has 0 amide bonds. The van der Waals surface area contributed by atoms with Crippen LogP contribution >= 0.6 is 11.8 Å². The summed E-state index contributed by atoms with van der Waals surface area (Å²) >= 11 is 1.61. The lowest BCUT2D eigenvalue weighted by Gasteiger charge is -2.22. The molecular weight excluding hydrogens is 368 g/mol. The predicted molar refractivity (Wildman–Crippen MR) is 117 cm³/mol. The molecule has 2 aliphatic heterocycles. The number of ether oxygens (including phenoxy) is 1. The molecular formula is C23H26N2O2S. The first-order valence-corrected chi connectivity index (χ1v) is 11.0. The van der Waals surface area contributed by atoms with Gasteiger partial charge < -0.3 is 9.64 Å². The van der Waals surface area contributed by atoms with Gasteiger partial charge in [0.1, 0.15) is 0 Å². The number of thioether (sulfide) groups is 1. The number of nitrogens with zero attached hydrogens (tertiary/aromatic N) is 2. The van der Waals surface area contributed by atoms with Gasteiger partial charge in [-0.25, -0.2) is 4.79 Å². The summed E-state index contributed by atoms with van der Waals surface area (Å²) in [6.07, 6.45) is 5.29. The zero-order chi connectivity index (χ0) is 19.3. The molecule has 0 bridgehead atoms. The second-order valence-corrected chi connectivity index (χ2v) is 8.32. The molecule has 0 aliphatic carbocycles. The number of hydrogen-bond donors (Lipinski definition) is 0. The van der Waals surface area contributed by atoms with Gasteiger partial charge in [-0.1, -0.05) is 49.2 Å². The molecule has 0 N–H and O–H groups in total. The number of esters is 1. The number of benzene rings is 2. The van der Waals surface area contributed by atoms with Crippen LogP contribution in [0.25, 0.3) is 11.1 Å². The number of methoxy groups -OCH3 is 1. The Labute approximate surface area is 171 Å². The first-order valence-electron chi connectivity index (χ1n) is 9.99. The van der Waals surface area contributed by atoms with Crippen LogP contribution in [-0.4, -0.2) is 43.0 Å². The Morgan fingerprint density at radius 2 is 1.50 bits per heavy atom. The highest BCUT2D eigenvalue weighted by Crippen LogP contribution is 2.28. The second kappa shape index (κ2) is 8.82. The van der Waals surface area contributed by atoms with Crippen LogP contribution in [0.2, 0.25) is 0 Å². The predicted octanol–water partition coefficient (Wildman–Crippen LogP) is 4.77. The smallest absolute Gasteiger partial charge is 0.331 e. The van der Waals surface area contributed by atoms with E-state index in [0.717, 1.165) is 10.6 Å². The molecule has 4 rings (SSSR count). The van der Waals surface area contributed by atoms with Crippen molar-refractivity contribution in [3.05, 3.63) is 54.1 Å². The lowest BCUT2D eigenvalue weighted by Crippen LogP contribution is -2.23. The van der Waals surface area contributed by atoms with E-state index in [2.05, 4.69) is 58.4 Å². The van der Waals surface area contributed by atoms with Crippen molar-refractivity contribution >= 4 is 28.5 Å². The topological polar surface area (TPSA) is 41.9 Å². The van der Waals surface area contributed by atoms with E-state index in [9.17, 15) is 4.79 Å². The zero-order valence-corrected chi connectivity index (χ0v) is 17.1. The Bertz CT molecular complexity index is 838. The van der Waals surface area contributed by atoms with E-state index in [0.29, 0.717) is 5.75 Å². The van der Waals surface area contributed by atoms with Gasteiger partial charge in [0.25, 0.3) is 0 Å².